The molecule has 5 heteroatoms. The largest absolute Gasteiger partial charge is 0.350 e. The smallest absolute Gasteiger partial charge is 0.257 e. The lowest BCUT2D eigenvalue weighted by molar-refractivity contribution is 0.102. The number of carbonyl (C=O) groups excluding carboxylic acids is 1. The number of nitrogens with zero attached hydrogens (tertiary/aromatic N) is 3. The number of aromatic nitrogens is 3. The fourth-order valence-corrected chi connectivity index (χ4v) is 2.95. The third-order valence-corrected chi connectivity index (χ3v) is 4.13. The van der Waals surface area contributed by atoms with Crippen molar-refractivity contribution in [1.82, 2.24) is 14.1 Å². The molecule has 0 saturated heterocycles. The number of amides is 1. The molecule has 0 spiro atoms. The summed E-state index contributed by atoms with van der Waals surface area (Å²) in [5, 5.41) is 4.02. The second-order valence-electron chi connectivity index (χ2n) is 5.68. The Morgan fingerprint density at radius 2 is 1.96 bits per heavy atom. The number of hydrogen-bond donors (Lipinski definition) is 1. The molecule has 5 nitrogen and oxygen atoms in total. The highest BCUT2D eigenvalue weighted by atomic mass is 16.1. The third-order valence-electron chi connectivity index (χ3n) is 4.13. The number of carbonyl (C=O) groups is 1. The Kier molecular flexibility index (Phi) is 2.94. The zero-order valence-corrected chi connectivity index (χ0v) is 12.9. The van der Waals surface area contributed by atoms with Crippen molar-refractivity contribution in [2.75, 3.05) is 5.32 Å². The highest BCUT2D eigenvalue weighted by Gasteiger charge is 2.13. The summed E-state index contributed by atoms with van der Waals surface area (Å²) in [4.78, 5) is 17.0. The number of rotatable bonds is 2. The van der Waals surface area contributed by atoms with Crippen LogP contribution in [0.4, 0.5) is 5.69 Å². The number of aryl methyl sites for hydroxylation is 2. The first-order chi connectivity index (χ1) is 11.1. The standard InChI is InChI=1S/C18H16N4O/c1-21-9-8-12-4-3-5-14(17(12)21)18(23)20-13-6-7-16-15(10-13)19-11-22(16)2/h3-11H,1-2H3,(H,20,23). The topological polar surface area (TPSA) is 51.9 Å². The molecule has 0 atom stereocenters. The van der Waals surface area contributed by atoms with E-state index in [9.17, 15) is 4.79 Å². The molecular weight excluding hydrogens is 288 g/mol. The highest BCUT2D eigenvalue weighted by Crippen LogP contribution is 2.22. The van der Waals surface area contributed by atoms with Crippen molar-refractivity contribution in [3.05, 3.63) is 60.6 Å². The third kappa shape index (κ3) is 2.17. The van der Waals surface area contributed by atoms with Crippen LogP contribution < -0.4 is 5.32 Å². The van der Waals surface area contributed by atoms with Crippen LogP contribution in [0.1, 0.15) is 10.4 Å². The maximum absolute atomic E-state index is 12.7. The van der Waals surface area contributed by atoms with E-state index in [1.165, 1.54) is 0 Å². The van der Waals surface area contributed by atoms with Crippen molar-refractivity contribution in [1.29, 1.82) is 0 Å². The SMILES string of the molecule is Cn1cnc2cc(NC(=O)c3cccc4ccn(C)c34)ccc21. The molecule has 23 heavy (non-hydrogen) atoms. The summed E-state index contributed by atoms with van der Waals surface area (Å²) in [6.07, 6.45) is 3.72. The van der Waals surface area contributed by atoms with Crippen LogP contribution in [0.25, 0.3) is 21.9 Å². The van der Waals surface area contributed by atoms with E-state index in [1.807, 2.05) is 71.9 Å². The summed E-state index contributed by atoms with van der Waals surface area (Å²) in [7, 11) is 3.89. The molecule has 0 saturated carbocycles. The van der Waals surface area contributed by atoms with Crippen LogP contribution in [0, 0.1) is 0 Å². The Balaban J connectivity index is 1.71. The number of para-hydroxylation sites is 1. The van der Waals surface area contributed by atoms with Gasteiger partial charge in [-0.15, -0.1) is 0 Å². The van der Waals surface area contributed by atoms with Gasteiger partial charge in [0.05, 0.1) is 28.4 Å². The molecule has 0 aliphatic heterocycles. The molecular formula is C18H16N4O. The lowest BCUT2D eigenvalue weighted by Crippen LogP contribution is -2.13. The van der Waals surface area contributed by atoms with E-state index >= 15 is 0 Å². The van der Waals surface area contributed by atoms with Gasteiger partial charge in [-0.1, -0.05) is 12.1 Å². The van der Waals surface area contributed by atoms with E-state index < -0.39 is 0 Å². The molecule has 114 valence electrons. The van der Waals surface area contributed by atoms with Crippen molar-refractivity contribution < 1.29 is 4.79 Å². The monoisotopic (exact) mass is 304 g/mol. The first-order valence-electron chi connectivity index (χ1n) is 7.40. The van der Waals surface area contributed by atoms with Crippen molar-refractivity contribution in [2.45, 2.75) is 0 Å². The minimum atomic E-state index is -0.118. The predicted molar refractivity (Wildman–Crippen MR) is 91.6 cm³/mol. The van der Waals surface area contributed by atoms with Gasteiger partial charge < -0.3 is 14.5 Å². The number of nitrogens with one attached hydrogen (secondary N) is 1. The van der Waals surface area contributed by atoms with Crippen LogP contribution in [0.5, 0.6) is 0 Å². The van der Waals surface area contributed by atoms with E-state index in [2.05, 4.69) is 10.3 Å². The van der Waals surface area contributed by atoms with E-state index in [4.69, 9.17) is 0 Å². The number of imidazole rings is 1. The second kappa shape index (κ2) is 4.98. The molecule has 0 fully saturated rings. The van der Waals surface area contributed by atoms with Crippen molar-refractivity contribution in [3.8, 4) is 0 Å². The number of fused-ring (bicyclic) bond motifs is 2. The molecule has 0 bridgehead atoms. The van der Waals surface area contributed by atoms with Gasteiger partial charge in [0.1, 0.15) is 0 Å². The first kappa shape index (κ1) is 13.6. The van der Waals surface area contributed by atoms with Gasteiger partial charge in [0, 0.05) is 31.4 Å². The maximum Gasteiger partial charge on any atom is 0.257 e. The number of benzene rings is 2. The van der Waals surface area contributed by atoms with Crippen molar-refractivity contribution in [3.63, 3.8) is 0 Å². The van der Waals surface area contributed by atoms with Crippen LogP contribution in [0.2, 0.25) is 0 Å². The molecule has 0 aliphatic carbocycles. The van der Waals surface area contributed by atoms with Crippen LogP contribution in [0.15, 0.2) is 55.0 Å². The van der Waals surface area contributed by atoms with Gasteiger partial charge in [-0.05, 0) is 30.3 Å². The molecule has 2 aromatic heterocycles. The second-order valence-corrected chi connectivity index (χ2v) is 5.68. The summed E-state index contributed by atoms with van der Waals surface area (Å²) in [5.74, 6) is -0.118. The van der Waals surface area contributed by atoms with Crippen LogP contribution in [0.3, 0.4) is 0 Å². The molecule has 2 aromatic carbocycles. The molecule has 1 N–H and O–H groups in total. The average Bonchev–Trinajstić information content (AvgIpc) is 3.11. The Hall–Kier alpha value is -3.08. The number of hydrogen-bond acceptors (Lipinski definition) is 2. The van der Waals surface area contributed by atoms with Gasteiger partial charge in [0.25, 0.3) is 5.91 Å². The minimum absolute atomic E-state index is 0.118. The van der Waals surface area contributed by atoms with Gasteiger partial charge in [0.15, 0.2) is 0 Å². The molecule has 2 heterocycles. The highest BCUT2D eigenvalue weighted by molar-refractivity contribution is 6.12. The summed E-state index contributed by atoms with van der Waals surface area (Å²) < 4.78 is 3.91. The Labute approximate surface area is 133 Å². The van der Waals surface area contributed by atoms with Crippen molar-refractivity contribution >= 4 is 33.5 Å². The zero-order valence-electron chi connectivity index (χ0n) is 12.9. The fourth-order valence-electron chi connectivity index (χ4n) is 2.95. The predicted octanol–water partition coefficient (Wildman–Crippen LogP) is 3.32. The molecule has 1 amide bonds. The Bertz CT molecular complexity index is 1040. The normalized spacial score (nSPS) is 11.2. The lowest BCUT2D eigenvalue weighted by atomic mass is 10.1. The zero-order chi connectivity index (χ0) is 16.0. The van der Waals surface area contributed by atoms with E-state index in [0.29, 0.717) is 5.56 Å². The summed E-state index contributed by atoms with van der Waals surface area (Å²) in [5.41, 5.74) is 4.24. The molecule has 4 aromatic rings. The van der Waals surface area contributed by atoms with E-state index in [0.717, 1.165) is 27.6 Å². The van der Waals surface area contributed by atoms with E-state index in [1.54, 1.807) is 6.33 Å². The maximum atomic E-state index is 12.7. The summed E-state index contributed by atoms with van der Waals surface area (Å²) >= 11 is 0. The van der Waals surface area contributed by atoms with Gasteiger partial charge in [-0.25, -0.2) is 4.98 Å². The lowest BCUT2D eigenvalue weighted by Gasteiger charge is -2.08. The first-order valence-corrected chi connectivity index (χ1v) is 7.40. The van der Waals surface area contributed by atoms with Crippen LogP contribution in [-0.2, 0) is 14.1 Å². The molecule has 0 aliphatic rings. The Morgan fingerprint density at radius 1 is 1.09 bits per heavy atom. The fraction of sp³-hybridized carbons (Fsp3) is 0.111. The summed E-state index contributed by atoms with van der Waals surface area (Å²) in [6, 6.07) is 13.5. The van der Waals surface area contributed by atoms with Crippen LogP contribution >= 0.6 is 0 Å². The van der Waals surface area contributed by atoms with Gasteiger partial charge in [0.2, 0.25) is 0 Å². The molecule has 0 radical (unpaired) electrons. The van der Waals surface area contributed by atoms with E-state index in [-0.39, 0.29) is 5.91 Å². The van der Waals surface area contributed by atoms with Crippen LogP contribution in [-0.4, -0.2) is 20.0 Å². The van der Waals surface area contributed by atoms with Gasteiger partial charge in [-0.3, -0.25) is 4.79 Å². The van der Waals surface area contributed by atoms with Gasteiger partial charge in [-0.2, -0.15) is 0 Å². The Morgan fingerprint density at radius 3 is 2.83 bits per heavy atom. The average molecular weight is 304 g/mol. The summed E-state index contributed by atoms with van der Waals surface area (Å²) in [6.45, 7) is 0. The van der Waals surface area contributed by atoms with Gasteiger partial charge >= 0.3 is 0 Å². The minimum Gasteiger partial charge on any atom is -0.350 e. The number of anilines is 1. The molecule has 4 rings (SSSR count). The quantitative estimate of drug-likeness (QED) is 0.617. The molecule has 0 unspecified atom stereocenters. The van der Waals surface area contributed by atoms with Crippen molar-refractivity contribution in [2.24, 2.45) is 14.1 Å².